The molecule has 3 rings (SSSR count). The molecule has 6 heteroatoms. The van der Waals surface area contributed by atoms with E-state index < -0.39 is 10.0 Å². The van der Waals surface area contributed by atoms with E-state index in [9.17, 15) is 8.42 Å². The highest BCUT2D eigenvalue weighted by Crippen LogP contribution is 2.26. The minimum absolute atomic E-state index is 0.113. The Bertz CT molecular complexity index is 740. The molecule has 24 heavy (non-hydrogen) atoms. The molecule has 1 fully saturated rings. The molecule has 1 N–H and O–H groups in total. The third-order valence-electron chi connectivity index (χ3n) is 4.51. The Labute approximate surface area is 148 Å². The van der Waals surface area contributed by atoms with E-state index in [1.54, 1.807) is 15.6 Å². The van der Waals surface area contributed by atoms with Crippen molar-refractivity contribution in [3.8, 4) is 0 Å². The third kappa shape index (κ3) is 4.06. The Hall–Kier alpha value is -1.21. The second kappa shape index (κ2) is 7.78. The average molecular weight is 365 g/mol. The van der Waals surface area contributed by atoms with Gasteiger partial charge in [0.05, 0.1) is 11.8 Å². The summed E-state index contributed by atoms with van der Waals surface area (Å²) in [5, 5.41) is 5.32. The number of piperazine rings is 1. The number of rotatable bonds is 6. The quantitative estimate of drug-likeness (QED) is 0.857. The first-order valence-electron chi connectivity index (χ1n) is 8.41. The van der Waals surface area contributed by atoms with Crippen LogP contribution in [0.1, 0.15) is 29.0 Å². The van der Waals surface area contributed by atoms with Gasteiger partial charge in [0.15, 0.2) is 0 Å². The Morgan fingerprint density at radius 2 is 2.04 bits per heavy atom. The molecule has 0 bridgehead atoms. The zero-order chi connectivity index (χ0) is 17.0. The summed E-state index contributed by atoms with van der Waals surface area (Å²) in [7, 11) is -3.27. The molecule has 0 radical (unpaired) electrons. The zero-order valence-corrected chi connectivity index (χ0v) is 15.6. The van der Waals surface area contributed by atoms with Crippen molar-refractivity contribution in [2.24, 2.45) is 0 Å². The van der Waals surface area contributed by atoms with Gasteiger partial charge in [-0.3, -0.25) is 0 Å². The van der Waals surface area contributed by atoms with Gasteiger partial charge in [-0.2, -0.15) is 4.31 Å². The minimum Gasteiger partial charge on any atom is -0.313 e. The fourth-order valence-electron chi connectivity index (χ4n) is 3.08. The van der Waals surface area contributed by atoms with Gasteiger partial charge < -0.3 is 5.32 Å². The maximum Gasteiger partial charge on any atom is 0.215 e. The highest BCUT2D eigenvalue weighted by atomic mass is 32.2. The molecular weight excluding hydrogens is 340 g/mol. The van der Waals surface area contributed by atoms with E-state index in [-0.39, 0.29) is 11.8 Å². The SMILES string of the molecule is CCc1ccc(C2CNCCN2S(=O)(=O)CCc2cccs2)cc1. The van der Waals surface area contributed by atoms with Gasteiger partial charge >= 0.3 is 0 Å². The van der Waals surface area contributed by atoms with Crippen LogP contribution >= 0.6 is 11.3 Å². The number of nitrogens with one attached hydrogen (secondary N) is 1. The van der Waals surface area contributed by atoms with E-state index in [1.807, 2.05) is 17.5 Å². The first-order chi connectivity index (χ1) is 11.6. The molecule has 1 saturated heterocycles. The molecule has 2 aromatic rings. The van der Waals surface area contributed by atoms with Crippen molar-refractivity contribution in [3.63, 3.8) is 0 Å². The number of hydrogen-bond donors (Lipinski definition) is 1. The molecule has 0 saturated carbocycles. The van der Waals surface area contributed by atoms with Crippen molar-refractivity contribution >= 4 is 21.4 Å². The van der Waals surface area contributed by atoms with Crippen molar-refractivity contribution in [2.45, 2.75) is 25.8 Å². The normalized spacial score (nSPS) is 19.5. The molecule has 1 atom stereocenters. The molecular formula is C18H24N2O2S2. The molecule has 1 aliphatic heterocycles. The smallest absolute Gasteiger partial charge is 0.215 e. The van der Waals surface area contributed by atoms with Crippen molar-refractivity contribution in [3.05, 3.63) is 57.8 Å². The highest BCUT2D eigenvalue weighted by molar-refractivity contribution is 7.89. The van der Waals surface area contributed by atoms with Crippen molar-refractivity contribution in [1.82, 2.24) is 9.62 Å². The molecule has 4 nitrogen and oxygen atoms in total. The van der Waals surface area contributed by atoms with Gasteiger partial charge in [0.2, 0.25) is 10.0 Å². The Morgan fingerprint density at radius 1 is 1.25 bits per heavy atom. The maximum absolute atomic E-state index is 12.9. The Kier molecular flexibility index (Phi) is 5.71. The fraction of sp³-hybridized carbons (Fsp3) is 0.444. The van der Waals surface area contributed by atoms with Crippen LogP contribution < -0.4 is 5.32 Å². The van der Waals surface area contributed by atoms with Gasteiger partial charge in [-0.15, -0.1) is 11.3 Å². The summed E-state index contributed by atoms with van der Waals surface area (Å²) >= 11 is 1.62. The predicted octanol–water partition coefficient (Wildman–Crippen LogP) is 2.83. The van der Waals surface area contributed by atoms with Crippen molar-refractivity contribution in [2.75, 3.05) is 25.4 Å². The fourth-order valence-corrected chi connectivity index (χ4v) is 5.58. The van der Waals surface area contributed by atoms with Gasteiger partial charge in [-0.05, 0) is 35.4 Å². The minimum atomic E-state index is -3.27. The number of thiophene rings is 1. The van der Waals surface area contributed by atoms with Gasteiger partial charge in [-0.1, -0.05) is 37.3 Å². The summed E-state index contributed by atoms with van der Waals surface area (Å²) < 4.78 is 27.5. The van der Waals surface area contributed by atoms with Crippen LogP contribution in [0.5, 0.6) is 0 Å². The second-order valence-electron chi connectivity index (χ2n) is 6.07. The molecule has 0 aliphatic carbocycles. The summed E-state index contributed by atoms with van der Waals surface area (Å²) in [6, 6.07) is 12.2. The summed E-state index contributed by atoms with van der Waals surface area (Å²) in [5.41, 5.74) is 2.34. The number of benzene rings is 1. The van der Waals surface area contributed by atoms with Crippen LogP contribution in [-0.4, -0.2) is 38.1 Å². The molecule has 2 heterocycles. The molecule has 130 valence electrons. The molecule has 1 aromatic heterocycles. The number of aryl methyl sites for hydroxylation is 2. The topological polar surface area (TPSA) is 49.4 Å². The Balaban J connectivity index is 1.77. The molecule has 0 spiro atoms. The number of nitrogens with zero attached hydrogens (tertiary/aromatic N) is 1. The standard InChI is InChI=1S/C18H24N2O2S2/c1-2-15-5-7-16(8-6-15)18-14-19-10-11-20(18)24(21,22)13-9-17-4-3-12-23-17/h3-8,12,18-19H,2,9-11,13-14H2,1H3. The molecule has 1 aromatic carbocycles. The third-order valence-corrected chi connectivity index (χ3v) is 7.32. The van der Waals surface area contributed by atoms with E-state index >= 15 is 0 Å². The maximum atomic E-state index is 12.9. The van der Waals surface area contributed by atoms with Crippen LogP contribution in [0.2, 0.25) is 0 Å². The first kappa shape index (κ1) is 17.6. The number of hydrogen-bond acceptors (Lipinski definition) is 4. The van der Waals surface area contributed by atoms with Crippen molar-refractivity contribution in [1.29, 1.82) is 0 Å². The van der Waals surface area contributed by atoms with E-state index in [1.165, 1.54) is 5.56 Å². The van der Waals surface area contributed by atoms with E-state index in [2.05, 4.69) is 36.5 Å². The van der Waals surface area contributed by atoms with Crippen LogP contribution in [0.3, 0.4) is 0 Å². The van der Waals surface area contributed by atoms with Crippen LogP contribution in [0, 0.1) is 0 Å². The van der Waals surface area contributed by atoms with Gasteiger partial charge in [0.1, 0.15) is 0 Å². The van der Waals surface area contributed by atoms with Gasteiger partial charge in [0, 0.05) is 24.5 Å². The molecule has 0 amide bonds. The molecule has 1 aliphatic rings. The molecule has 1 unspecified atom stereocenters. The Morgan fingerprint density at radius 3 is 2.71 bits per heavy atom. The predicted molar refractivity (Wildman–Crippen MR) is 99.9 cm³/mol. The first-order valence-corrected chi connectivity index (χ1v) is 10.9. The van der Waals surface area contributed by atoms with Gasteiger partial charge in [0.25, 0.3) is 0 Å². The van der Waals surface area contributed by atoms with Crippen LogP contribution in [0.25, 0.3) is 0 Å². The van der Waals surface area contributed by atoms with E-state index in [4.69, 9.17) is 0 Å². The number of sulfonamides is 1. The lowest BCUT2D eigenvalue weighted by atomic mass is 10.0. The average Bonchev–Trinajstić information content (AvgIpc) is 3.14. The summed E-state index contributed by atoms with van der Waals surface area (Å²) in [5.74, 6) is 0.178. The summed E-state index contributed by atoms with van der Waals surface area (Å²) in [4.78, 5) is 1.12. The van der Waals surface area contributed by atoms with Crippen LogP contribution in [0.15, 0.2) is 41.8 Å². The van der Waals surface area contributed by atoms with E-state index in [0.29, 0.717) is 26.1 Å². The summed E-state index contributed by atoms with van der Waals surface area (Å²) in [6.07, 6.45) is 1.58. The lowest BCUT2D eigenvalue weighted by Gasteiger charge is -2.35. The zero-order valence-electron chi connectivity index (χ0n) is 13.9. The lowest BCUT2D eigenvalue weighted by molar-refractivity contribution is 0.271. The van der Waals surface area contributed by atoms with Gasteiger partial charge in [-0.25, -0.2) is 8.42 Å². The second-order valence-corrected chi connectivity index (χ2v) is 9.14. The van der Waals surface area contributed by atoms with Crippen LogP contribution in [0.4, 0.5) is 0 Å². The monoisotopic (exact) mass is 364 g/mol. The summed E-state index contributed by atoms with van der Waals surface area (Å²) in [6.45, 7) is 4.04. The van der Waals surface area contributed by atoms with Crippen LogP contribution in [-0.2, 0) is 22.9 Å². The van der Waals surface area contributed by atoms with Crippen molar-refractivity contribution < 1.29 is 8.42 Å². The largest absolute Gasteiger partial charge is 0.313 e. The lowest BCUT2D eigenvalue weighted by Crippen LogP contribution is -2.49. The highest BCUT2D eigenvalue weighted by Gasteiger charge is 2.32. The van der Waals surface area contributed by atoms with E-state index in [0.717, 1.165) is 16.9 Å².